The number of benzene rings is 1. The van der Waals surface area contributed by atoms with Gasteiger partial charge < -0.3 is 5.73 Å². The summed E-state index contributed by atoms with van der Waals surface area (Å²) in [4.78, 5) is 4.56. The summed E-state index contributed by atoms with van der Waals surface area (Å²) in [6, 6.07) is 14.0. The molecule has 0 atom stereocenters. The van der Waals surface area contributed by atoms with Crippen LogP contribution < -0.4 is 5.73 Å². The maximum atomic E-state index is 6.05. The quantitative estimate of drug-likeness (QED) is 0.745. The van der Waals surface area contributed by atoms with Crippen LogP contribution in [0, 0.1) is 6.92 Å². The number of imidazole rings is 1. The SMILES string of the molecule is Cc1cccc(-c2nc(Br)c3cccc(N)n23)c1. The van der Waals surface area contributed by atoms with Crippen LogP contribution in [0.4, 0.5) is 5.82 Å². The Hall–Kier alpha value is -1.81. The van der Waals surface area contributed by atoms with Gasteiger partial charge in [-0.25, -0.2) is 4.98 Å². The molecule has 18 heavy (non-hydrogen) atoms. The fourth-order valence-electron chi connectivity index (χ4n) is 2.10. The van der Waals surface area contributed by atoms with Crippen molar-refractivity contribution >= 4 is 27.3 Å². The number of hydrogen-bond acceptors (Lipinski definition) is 2. The molecule has 4 heteroatoms. The van der Waals surface area contributed by atoms with E-state index < -0.39 is 0 Å². The molecule has 3 nitrogen and oxygen atoms in total. The van der Waals surface area contributed by atoms with E-state index in [-0.39, 0.29) is 0 Å². The number of anilines is 1. The van der Waals surface area contributed by atoms with Crippen LogP contribution in [0.5, 0.6) is 0 Å². The summed E-state index contributed by atoms with van der Waals surface area (Å²) in [5, 5.41) is 0. The Morgan fingerprint density at radius 2 is 1.94 bits per heavy atom. The van der Waals surface area contributed by atoms with Crippen molar-refractivity contribution < 1.29 is 0 Å². The van der Waals surface area contributed by atoms with E-state index in [0.29, 0.717) is 5.82 Å². The maximum Gasteiger partial charge on any atom is 0.147 e. The molecular weight excluding hydrogens is 290 g/mol. The summed E-state index contributed by atoms with van der Waals surface area (Å²) in [5.74, 6) is 1.54. The topological polar surface area (TPSA) is 43.3 Å². The van der Waals surface area contributed by atoms with E-state index in [1.165, 1.54) is 5.56 Å². The van der Waals surface area contributed by atoms with Gasteiger partial charge in [-0.2, -0.15) is 0 Å². The van der Waals surface area contributed by atoms with Gasteiger partial charge in [0.2, 0.25) is 0 Å². The lowest BCUT2D eigenvalue weighted by Gasteiger charge is -2.05. The molecule has 90 valence electrons. The van der Waals surface area contributed by atoms with Crippen molar-refractivity contribution in [2.45, 2.75) is 6.92 Å². The number of nitrogens with zero attached hydrogens (tertiary/aromatic N) is 2. The van der Waals surface area contributed by atoms with E-state index in [2.05, 4.69) is 40.0 Å². The van der Waals surface area contributed by atoms with Gasteiger partial charge in [0.05, 0.1) is 5.52 Å². The van der Waals surface area contributed by atoms with Gasteiger partial charge in [-0.1, -0.05) is 29.8 Å². The third kappa shape index (κ3) is 1.69. The maximum absolute atomic E-state index is 6.05. The number of fused-ring (bicyclic) bond motifs is 1. The van der Waals surface area contributed by atoms with Crippen molar-refractivity contribution in [2.24, 2.45) is 0 Å². The number of hydrogen-bond donors (Lipinski definition) is 1. The minimum Gasteiger partial charge on any atom is -0.385 e. The molecule has 0 aliphatic heterocycles. The molecule has 1 aromatic carbocycles. The Bertz CT molecular complexity index is 731. The predicted octanol–water partition coefficient (Wildman–Crippen LogP) is 3.65. The van der Waals surface area contributed by atoms with Crippen LogP contribution in [0.3, 0.4) is 0 Å². The van der Waals surface area contributed by atoms with Gasteiger partial charge in [0.15, 0.2) is 0 Å². The van der Waals surface area contributed by atoms with Crippen LogP contribution in [0.15, 0.2) is 47.1 Å². The molecule has 0 amide bonds. The first-order valence-electron chi connectivity index (χ1n) is 5.66. The normalized spacial score (nSPS) is 11.0. The minimum atomic E-state index is 0.683. The standard InChI is InChI=1S/C14H12BrN3/c1-9-4-2-5-10(8-9)14-17-13(15)11-6-3-7-12(16)18(11)14/h2-8H,16H2,1H3. The zero-order chi connectivity index (χ0) is 12.7. The van der Waals surface area contributed by atoms with Crippen molar-refractivity contribution in [3.8, 4) is 11.4 Å². The first-order chi connectivity index (χ1) is 8.66. The second-order valence-electron chi connectivity index (χ2n) is 4.27. The Kier molecular flexibility index (Phi) is 2.59. The third-order valence-electron chi connectivity index (χ3n) is 2.92. The molecule has 0 aliphatic rings. The van der Waals surface area contributed by atoms with Gasteiger partial charge in [0.1, 0.15) is 16.2 Å². The van der Waals surface area contributed by atoms with Gasteiger partial charge in [-0.3, -0.25) is 4.40 Å². The number of nitrogen functional groups attached to an aromatic ring is 1. The molecule has 0 fully saturated rings. The molecule has 0 bridgehead atoms. The fourth-order valence-corrected chi connectivity index (χ4v) is 2.58. The summed E-state index contributed by atoms with van der Waals surface area (Å²) in [6.07, 6.45) is 0. The zero-order valence-electron chi connectivity index (χ0n) is 9.89. The Labute approximate surface area is 113 Å². The van der Waals surface area contributed by atoms with Crippen molar-refractivity contribution in [3.63, 3.8) is 0 Å². The van der Waals surface area contributed by atoms with E-state index in [0.717, 1.165) is 21.5 Å². The van der Waals surface area contributed by atoms with Crippen LogP contribution in [0.1, 0.15) is 5.56 Å². The van der Waals surface area contributed by atoms with Gasteiger partial charge in [0.25, 0.3) is 0 Å². The molecule has 0 saturated carbocycles. The summed E-state index contributed by atoms with van der Waals surface area (Å²) in [7, 11) is 0. The van der Waals surface area contributed by atoms with Crippen LogP contribution in [0.25, 0.3) is 16.9 Å². The van der Waals surface area contributed by atoms with Gasteiger partial charge in [-0.05, 0) is 41.1 Å². The van der Waals surface area contributed by atoms with Crippen molar-refractivity contribution in [3.05, 3.63) is 52.6 Å². The van der Waals surface area contributed by atoms with Gasteiger partial charge in [-0.15, -0.1) is 0 Å². The molecule has 3 rings (SSSR count). The first kappa shape index (κ1) is 11.3. The molecule has 0 unspecified atom stereocenters. The van der Waals surface area contributed by atoms with E-state index >= 15 is 0 Å². The van der Waals surface area contributed by atoms with E-state index in [1.54, 1.807) is 0 Å². The van der Waals surface area contributed by atoms with Crippen molar-refractivity contribution in [1.82, 2.24) is 9.38 Å². The van der Waals surface area contributed by atoms with Crippen LogP contribution in [-0.4, -0.2) is 9.38 Å². The molecule has 2 heterocycles. The lowest BCUT2D eigenvalue weighted by Crippen LogP contribution is -1.98. The lowest BCUT2D eigenvalue weighted by molar-refractivity contribution is 1.17. The van der Waals surface area contributed by atoms with E-state index in [1.807, 2.05) is 34.7 Å². The molecule has 0 spiro atoms. The zero-order valence-corrected chi connectivity index (χ0v) is 11.5. The largest absolute Gasteiger partial charge is 0.385 e. The fraction of sp³-hybridized carbons (Fsp3) is 0.0714. The number of nitrogens with two attached hydrogens (primary N) is 1. The minimum absolute atomic E-state index is 0.683. The summed E-state index contributed by atoms with van der Waals surface area (Å²) in [5.41, 5.74) is 9.29. The van der Waals surface area contributed by atoms with Crippen LogP contribution in [-0.2, 0) is 0 Å². The van der Waals surface area contributed by atoms with Crippen molar-refractivity contribution in [2.75, 3.05) is 5.73 Å². The second kappa shape index (κ2) is 4.14. The van der Waals surface area contributed by atoms with Crippen LogP contribution in [0.2, 0.25) is 0 Å². The Morgan fingerprint density at radius 1 is 1.17 bits per heavy atom. The third-order valence-corrected chi connectivity index (χ3v) is 3.51. The molecule has 3 aromatic rings. The number of halogens is 1. The number of rotatable bonds is 1. The summed E-state index contributed by atoms with van der Waals surface area (Å²) in [6.45, 7) is 2.07. The van der Waals surface area contributed by atoms with Gasteiger partial charge in [0, 0.05) is 5.56 Å². The van der Waals surface area contributed by atoms with E-state index in [9.17, 15) is 0 Å². The predicted molar refractivity (Wildman–Crippen MR) is 77.5 cm³/mol. The highest BCUT2D eigenvalue weighted by molar-refractivity contribution is 9.10. The Morgan fingerprint density at radius 3 is 2.72 bits per heavy atom. The Balaban J connectivity index is 2.36. The molecule has 0 aliphatic carbocycles. The number of aryl methyl sites for hydroxylation is 1. The molecular formula is C14H12BrN3. The number of aromatic nitrogens is 2. The average molecular weight is 302 g/mol. The highest BCUT2D eigenvalue weighted by Crippen LogP contribution is 2.28. The molecule has 0 saturated heterocycles. The number of pyridine rings is 1. The first-order valence-corrected chi connectivity index (χ1v) is 6.45. The smallest absolute Gasteiger partial charge is 0.147 e. The molecule has 2 aromatic heterocycles. The summed E-state index contributed by atoms with van der Waals surface area (Å²) < 4.78 is 2.77. The molecule has 2 N–H and O–H groups in total. The monoisotopic (exact) mass is 301 g/mol. The highest BCUT2D eigenvalue weighted by atomic mass is 79.9. The average Bonchev–Trinajstić information content (AvgIpc) is 2.69. The molecule has 0 radical (unpaired) electrons. The highest BCUT2D eigenvalue weighted by Gasteiger charge is 2.12. The lowest BCUT2D eigenvalue weighted by atomic mass is 10.1. The van der Waals surface area contributed by atoms with E-state index in [4.69, 9.17) is 5.73 Å². The van der Waals surface area contributed by atoms with Crippen molar-refractivity contribution in [1.29, 1.82) is 0 Å². The van der Waals surface area contributed by atoms with Gasteiger partial charge >= 0.3 is 0 Å². The van der Waals surface area contributed by atoms with Crippen LogP contribution >= 0.6 is 15.9 Å². The summed E-state index contributed by atoms with van der Waals surface area (Å²) >= 11 is 3.48. The second-order valence-corrected chi connectivity index (χ2v) is 5.02.